The summed E-state index contributed by atoms with van der Waals surface area (Å²) in [6.07, 6.45) is 3.31. The summed E-state index contributed by atoms with van der Waals surface area (Å²) in [5.74, 6) is -0.602. The standard InChI is InChI=1S/C15H13N3O2/c1-9(10-3-2-6-17-8-10)18-14(19)12-5-4-11(16)7-13(12)15(18)20/h2-9H,16H2,1H3. The van der Waals surface area contributed by atoms with Crippen LogP contribution in [0.5, 0.6) is 0 Å². The van der Waals surface area contributed by atoms with Gasteiger partial charge in [0.1, 0.15) is 0 Å². The highest BCUT2D eigenvalue weighted by molar-refractivity contribution is 6.21. The fourth-order valence-corrected chi connectivity index (χ4v) is 2.40. The highest BCUT2D eigenvalue weighted by Gasteiger charge is 2.38. The number of benzene rings is 1. The number of hydrogen-bond donors (Lipinski definition) is 1. The summed E-state index contributed by atoms with van der Waals surface area (Å²) >= 11 is 0. The minimum Gasteiger partial charge on any atom is -0.399 e. The minimum absolute atomic E-state index is 0.290. The van der Waals surface area contributed by atoms with E-state index < -0.39 is 0 Å². The average Bonchev–Trinajstić information content (AvgIpc) is 2.71. The van der Waals surface area contributed by atoms with Gasteiger partial charge in [-0.3, -0.25) is 19.5 Å². The molecule has 0 aliphatic carbocycles. The molecule has 0 spiro atoms. The van der Waals surface area contributed by atoms with Gasteiger partial charge in [-0.1, -0.05) is 6.07 Å². The lowest BCUT2D eigenvalue weighted by Gasteiger charge is -2.22. The lowest BCUT2D eigenvalue weighted by molar-refractivity contribution is 0.0595. The number of amides is 2. The molecule has 2 amide bonds. The summed E-state index contributed by atoms with van der Waals surface area (Å²) < 4.78 is 0. The van der Waals surface area contributed by atoms with Crippen LogP contribution in [0.25, 0.3) is 0 Å². The van der Waals surface area contributed by atoms with Crippen LogP contribution in [0.15, 0.2) is 42.7 Å². The van der Waals surface area contributed by atoms with Crippen molar-refractivity contribution in [2.24, 2.45) is 0 Å². The average molecular weight is 267 g/mol. The first kappa shape index (κ1) is 12.3. The van der Waals surface area contributed by atoms with Crippen molar-refractivity contribution in [1.82, 2.24) is 9.88 Å². The molecule has 0 bridgehead atoms. The van der Waals surface area contributed by atoms with Crippen LogP contribution in [-0.4, -0.2) is 21.7 Å². The van der Waals surface area contributed by atoms with Crippen LogP contribution in [-0.2, 0) is 0 Å². The van der Waals surface area contributed by atoms with E-state index in [-0.39, 0.29) is 17.9 Å². The zero-order valence-electron chi connectivity index (χ0n) is 10.9. The van der Waals surface area contributed by atoms with Crippen molar-refractivity contribution in [1.29, 1.82) is 0 Å². The number of rotatable bonds is 2. The summed E-state index contributed by atoms with van der Waals surface area (Å²) in [5.41, 5.74) is 7.74. The van der Waals surface area contributed by atoms with E-state index in [9.17, 15) is 9.59 Å². The third-order valence-corrected chi connectivity index (χ3v) is 3.50. The normalized spacial score (nSPS) is 15.3. The molecule has 2 N–H and O–H groups in total. The molecule has 1 aliphatic rings. The number of nitrogens with zero attached hydrogens (tertiary/aromatic N) is 2. The lowest BCUT2D eigenvalue weighted by atomic mass is 10.1. The topological polar surface area (TPSA) is 76.3 Å². The van der Waals surface area contributed by atoms with Crippen LogP contribution in [0.2, 0.25) is 0 Å². The molecule has 0 saturated carbocycles. The SMILES string of the molecule is CC(c1cccnc1)N1C(=O)c2ccc(N)cc2C1=O. The van der Waals surface area contributed by atoms with Gasteiger partial charge in [0.15, 0.2) is 0 Å². The molecular weight excluding hydrogens is 254 g/mol. The molecule has 2 heterocycles. The molecule has 0 saturated heterocycles. The van der Waals surface area contributed by atoms with Gasteiger partial charge in [0, 0.05) is 18.1 Å². The van der Waals surface area contributed by atoms with Crippen LogP contribution < -0.4 is 5.73 Å². The Kier molecular flexibility index (Phi) is 2.75. The van der Waals surface area contributed by atoms with E-state index in [1.807, 2.05) is 13.0 Å². The summed E-state index contributed by atoms with van der Waals surface area (Å²) in [4.78, 5) is 30.1. The van der Waals surface area contributed by atoms with Crippen molar-refractivity contribution >= 4 is 17.5 Å². The summed E-state index contributed by atoms with van der Waals surface area (Å²) in [6, 6.07) is 8.03. The number of imide groups is 1. The molecule has 0 radical (unpaired) electrons. The number of nitrogens with two attached hydrogens (primary N) is 1. The van der Waals surface area contributed by atoms with E-state index >= 15 is 0 Å². The Labute approximate surface area is 116 Å². The first-order chi connectivity index (χ1) is 9.59. The fourth-order valence-electron chi connectivity index (χ4n) is 2.40. The molecule has 3 rings (SSSR count). The molecule has 100 valence electrons. The predicted molar refractivity (Wildman–Crippen MR) is 74.0 cm³/mol. The number of anilines is 1. The highest BCUT2D eigenvalue weighted by atomic mass is 16.2. The summed E-state index contributed by atoms with van der Waals surface area (Å²) in [6.45, 7) is 1.81. The molecule has 1 unspecified atom stereocenters. The van der Waals surface area contributed by atoms with Crippen LogP contribution >= 0.6 is 0 Å². The molecule has 5 nitrogen and oxygen atoms in total. The zero-order valence-corrected chi connectivity index (χ0v) is 10.9. The molecule has 0 fully saturated rings. The predicted octanol–water partition coefficient (Wildman–Crippen LogP) is 2.02. The molecule has 1 aromatic carbocycles. The number of pyridine rings is 1. The largest absolute Gasteiger partial charge is 0.399 e. The number of nitrogen functional groups attached to an aromatic ring is 1. The second-order valence-electron chi connectivity index (χ2n) is 4.75. The van der Waals surface area contributed by atoms with Gasteiger partial charge in [-0.05, 0) is 36.8 Å². The summed E-state index contributed by atoms with van der Waals surface area (Å²) in [5, 5.41) is 0. The Morgan fingerprint density at radius 2 is 1.90 bits per heavy atom. The Hall–Kier alpha value is -2.69. The minimum atomic E-state index is -0.364. The van der Waals surface area contributed by atoms with E-state index in [4.69, 9.17) is 5.73 Å². The molecule has 5 heteroatoms. The third-order valence-electron chi connectivity index (χ3n) is 3.50. The highest BCUT2D eigenvalue weighted by Crippen LogP contribution is 2.31. The monoisotopic (exact) mass is 267 g/mol. The van der Waals surface area contributed by atoms with Crippen LogP contribution in [0.3, 0.4) is 0 Å². The first-order valence-corrected chi connectivity index (χ1v) is 6.27. The molecule has 1 aliphatic heterocycles. The third kappa shape index (κ3) is 1.75. The van der Waals surface area contributed by atoms with Crippen molar-refractivity contribution in [2.75, 3.05) is 5.73 Å². The maximum atomic E-state index is 12.4. The number of carbonyl (C=O) groups excluding carboxylic acids is 2. The number of carbonyl (C=O) groups is 2. The summed E-state index contributed by atoms with van der Waals surface area (Å²) in [7, 11) is 0. The number of hydrogen-bond acceptors (Lipinski definition) is 4. The van der Waals surface area contributed by atoms with Crippen LogP contribution in [0.1, 0.15) is 39.2 Å². The van der Waals surface area contributed by atoms with Crippen LogP contribution in [0.4, 0.5) is 5.69 Å². The number of aromatic nitrogens is 1. The smallest absolute Gasteiger partial charge is 0.262 e. The van der Waals surface area contributed by atoms with Crippen molar-refractivity contribution in [3.8, 4) is 0 Å². The van der Waals surface area contributed by atoms with Gasteiger partial charge in [-0.2, -0.15) is 0 Å². The first-order valence-electron chi connectivity index (χ1n) is 6.27. The van der Waals surface area contributed by atoms with E-state index in [0.717, 1.165) is 5.56 Å². The second-order valence-corrected chi connectivity index (χ2v) is 4.75. The van der Waals surface area contributed by atoms with Crippen molar-refractivity contribution in [2.45, 2.75) is 13.0 Å². The van der Waals surface area contributed by atoms with Gasteiger partial charge < -0.3 is 5.73 Å². The van der Waals surface area contributed by atoms with Crippen molar-refractivity contribution in [3.05, 3.63) is 59.4 Å². The molecule has 1 atom stereocenters. The maximum absolute atomic E-state index is 12.4. The lowest BCUT2D eigenvalue weighted by Crippen LogP contribution is -2.32. The molecule has 2 aromatic rings. The van der Waals surface area contributed by atoms with E-state index in [1.54, 1.807) is 36.7 Å². The van der Waals surface area contributed by atoms with E-state index in [2.05, 4.69) is 4.98 Å². The Bertz CT molecular complexity index is 698. The van der Waals surface area contributed by atoms with Gasteiger partial charge in [0.05, 0.1) is 17.2 Å². The van der Waals surface area contributed by atoms with Gasteiger partial charge in [-0.25, -0.2) is 0 Å². The van der Waals surface area contributed by atoms with Crippen LogP contribution in [0, 0.1) is 0 Å². The van der Waals surface area contributed by atoms with Crippen molar-refractivity contribution < 1.29 is 9.59 Å². The van der Waals surface area contributed by atoms with Gasteiger partial charge >= 0.3 is 0 Å². The van der Waals surface area contributed by atoms with Gasteiger partial charge in [-0.15, -0.1) is 0 Å². The van der Waals surface area contributed by atoms with Gasteiger partial charge in [0.25, 0.3) is 11.8 Å². The van der Waals surface area contributed by atoms with E-state index in [0.29, 0.717) is 16.8 Å². The Morgan fingerprint density at radius 1 is 1.15 bits per heavy atom. The molecule has 20 heavy (non-hydrogen) atoms. The fraction of sp³-hybridized carbons (Fsp3) is 0.133. The van der Waals surface area contributed by atoms with Gasteiger partial charge in [0.2, 0.25) is 0 Å². The maximum Gasteiger partial charge on any atom is 0.262 e. The Balaban J connectivity index is 2.02. The van der Waals surface area contributed by atoms with Crippen molar-refractivity contribution in [3.63, 3.8) is 0 Å². The Morgan fingerprint density at radius 3 is 2.60 bits per heavy atom. The van der Waals surface area contributed by atoms with E-state index in [1.165, 1.54) is 4.90 Å². The number of fused-ring (bicyclic) bond motifs is 1. The zero-order chi connectivity index (χ0) is 14.3. The quantitative estimate of drug-likeness (QED) is 0.667. The second kappa shape index (κ2) is 4.45. The molecular formula is C15H13N3O2. The molecule has 1 aromatic heterocycles.